The summed E-state index contributed by atoms with van der Waals surface area (Å²) in [4.78, 5) is 16.3. The van der Waals surface area contributed by atoms with Gasteiger partial charge < -0.3 is 10.5 Å². The Morgan fingerprint density at radius 1 is 1.44 bits per heavy atom. The van der Waals surface area contributed by atoms with Crippen molar-refractivity contribution in [1.29, 1.82) is 0 Å². The van der Waals surface area contributed by atoms with Crippen LogP contribution in [0.3, 0.4) is 0 Å². The van der Waals surface area contributed by atoms with Crippen LogP contribution >= 0.6 is 15.9 Å². The topological polar surface area (TPSA) is 103 Å². The van der Waals surface area contributed by atoms with Crippen molar-refractivity contribution < 1.29 is 17.9 Å². The molecule has 25 heavy (non-hydrogen) atoms. The van der Waals surface area contributed by atoms with Gasteiger partial charge in [0.2, 0.25) is 10.0 Å². The third-order valence-electron chi connectivity index (χ3n) is 4.39. The lowest BCUT2D eigenvalue weighted by Gasteiger charge is -2.24. The summed E-state index contributed by atoms with van der Waals surface area (Å²) in [5, 5.41) is 1.26. The van der Waals surface area contributed by atoms with Gasteiger partial charge in [0.05, 0.1) is 17.0 Å². The van der Waals surface area contributed by atoms with Crippen LogP contribution in [0, 0.1) is 5.92 Å². The van der Waals surface area contributed by atoms with Crippen molar-refractivity contribution in [1.82, 2.24) is 9.29 Å². The lowest BCUT2D eigenvalue weighted by Crippen LogP contribution is -2.46. The molecule has 0 spiro atoms. The zero-order valence-electron chi connectivity index (χ0n) is 13.6. The molecule has 1 unspecified atom stereocenters. The number of benzene rings is 1. The third kappa shape index (κ3) is 3.22. The summed E-state index contributed by atoms with van der Waals surface area (Å²) in [6.45, 7) is 0.125. The smallest absolute Gasteiger partial charge is 0.245 e. The Balaban J connectivity index is 2.03. The lowest BCUT2D eigenvalue weighted by atomic mass is 10.0. The Labute approximate surface area is 154 Å². The number of hydrogen-bond acceptors (Lipinski definition) is 6. The molecule has 1 aliphatic heterocycles. The third-order valence-corrected chi connectivity index (χ3v) is 6.93. The van der Waals surface area contributed by atoms with Crippen LogP contribution < -0.4 is 5.73 Å². The monoisotopic (exact) mass is 427 g/mol. The number of aromatic nitrogens is 1. The second-order valence-electron chi connectivity index (χ2n) is 5.88. The molecular weight excluding hydrogens is 410 g/mol. The average molecular weight is 428 g/mol. The van der Waals surface area contributed by atoms with Crippen LogP contribution in [0.25, 0.3) is 10.8 Å². The normalized spacial score (nSPS) is 21.7. The van der Waals surface area contributed by atoms with Crippen LogP contribution in [0.15, 0.2) is 40.0 Å². The number of carbonyl (C=O) groups is 1. The number of carbonyl (C=O) groups excluding carboxylic acids is 1. The first-order valence-electron chi connectivity index (χ1n) is 7.69. The van der Waals surface area contributed by atoms with E-state index in [4.69, 9.17) is 10.5 Å². The number of ketones is 1. The number of ether oxygens (including phenoxy) is 1. The molecule has 9 heteroatoms. The number of nitrogens with zero attached hydrogens (tertiary/aromatic N) is 2. The van der Waals surface area contributed by atoms with Gasteiger partial charge in [0.15, 0.2) is 5.78 Å². The van der Waals surface area contributed by atoms with E-state index in [0.717, 1.165) is 0 Å². The van der Waals surface area contributed by atoms with E-state index in [1.807, 2.05) is 0 Å². The summed E-state index contributed by atoms with van der Waals surface area (Å²) >= 11 is 3.37. The quantitative estimate of drug-likeness (QED) is 0.775. The average Bonchev–Trinajstić information content (AvgIpc) is 2.97. The van der Waals surface area contributed by atoms with Gasteiger partial charge in [-0.25, -0.2) is 8.42 Å². The largest absolute Gasteiger partial charge is 0.377 e. The Morgan fingerprint density at radius 3 is 2.92 bits per heavy atom. The predicted molar refractivity (Wildman–Crippen MR) is 96.3 cm³/mol. The van der Waals surface area contributed by atoms with E-state index in [1.165, 1.54) is 11.4 Å². The summed E-state index contributed by atoms with van der Waals surface area (Å²) in [5.41, 5.74) is 6.11. The standard InChI is InChI=1S/C16H18BrN3O4S/c1-24-9-13(21)11-5-6-20(16(11)18)25(22,23)14-4-2-3-10-7-19-8-12(17)15(10)14/h2-4,7-8,11,16H,5-6,9,18H2,1H3/t11?,16-/m1/s1. The molecule has 1 fully saturated rings. The Kier molecular flexibility index (Phi) is 5.21. The molecule has 2 atom stereocenters. The van der Waals surface area contributed by atoms with E-state index in [1.54, 1.807) is 30.6 Å². The van der Waals surface area contributed by atoms with Gasteiger partial charge in [0, 0.05) is 41.3 Å². The summed E-state index contributed by atoms with van der Waals surface area (Å²) in [6, 6.07) is 5.00. The fourth-order valence-corrected chi connectivity index (χ4v) is 5.66. The van der Waals surface area contributed by atoms with E-state index in [2.05, 4.69) is 20.9 Å². The van der Waals surface area contributed by atoms with Crippen LogP contribution in [0.1, 0.15) is 6.42 Å². The van der Waals surface area contributed by atoms with Crippen molar-refractivity contribution in [3.05, 3.63) is 35.1 Å². The molecular formula is C16H18BrN3O4S. The van der Waals surface area contributed by atoms with Gasteiger partial charge in [-0.05, 0) is 28.4 Å². The number of hydrogen-bond donors (Lipinski definition) is 1. The number of methoxy groups -OCH3 is 1. The van der Waals surface area contributed by atoms with Crippen LogP contribution in [0.5, 0.6) is 0 Å². The Bertz CT molecular complexity index is 913. The first-order valence-corrected chi connectivity index (χ1v) is 9.92. The first kappa shape index (κ1) is 18.4. The highest BCUT2D eigenvalue weighted by atomic mass is 79.9. The minimum atomic E-state index is -3.86. The van der Waals surface area contributed by atoms with E-state index in [9.17, 15) is 13.2 Å². The van der Waals surface area contributed by atoms with Crippen molar-refractivity contribution in [2.24, 2.45) is 11.7 Å². The SMILES string of the molecule is COCC(=O)C1CCN(S(=O)(=O)c2cccc3cncc(Br)c23)[C@H]1N. The molecule has 2 N–H and O–H groups in total. The van der Waals surface area contributed by atoms with Gasteiger partial charge in [-0.3, -0.25) is 9.78 Å². The molecule has 1 aromatic carbocycles. The number of rotatable bonds is 5. The minimum Gasteiger partial charge on any atom is -0.377 e. The number of fused-ring (bicyclic) bond motifs is 1. The van der Waals surface area contributed by atoms with Crippen molar-refractivity contribution >= 4 is 42.5 Å². The molecule has 134 valence electrons. The summed E-state index contributed by atoms with van der Waals surface area (Å²) < 4.78 is 33.0. The van der Waals surface area contributed by atoms with Gasteiger partial charge in [0.25, 0.3) is 0 Å². The molecule has 2 heterocycles. The Hall–Kier alpha value is -1.39. The second kappa shape index (κ2) is 7.08. The van der Waals surface area contributed by atoms with E-state index < -0.39 is 22.1 Å². The molecule has 0 aliphatic carbocycles. The maximum Gasteiger partial charge on any atom is 0.245 e. The number of halogens is 1. The van der Waals surface area contributed by atoms with Gasteiger partial charge in [-0.15, -0.1) is 0 Å². The van der Waals surface area contributed by atoms with Gasteiger partial charge >= 0.3 is 0 Å². The molecule has 2 aromatic rings. The van der Waals surface area contributed by atoms with E-state index in [-0.39, 0.29) is 23.8 Å². The molecule has 3 rings (SSSR count). The second-order valence-corrected chi connectivity index (χ2v) is 8.59. The molecule has 7 nitrogen and oxygen atoms in total. The highest BCUT2D eigenvalue weighted by Gasteiger charge is 2.43. The fourth-order valence-electron chi connectivity index (χ4n) is 3.17. The number of sulfonamides is 1. The zero-order chi connectivity index (χ0) is 18.2. The molecule has 0 saturated carbocycles. The summed E-state index contributed by atoms with van der Waals surface area (Å²) in [5.74, 6) is -0.745. The van der Waals surface area contributed by atoms with Crippen molar-refractivity contribution in [2.75, 3.05) is 20.3 Å². The van der Waals surface area contributed by atoms with Crippen LogP contribution in [0.2, 0.25) is 0 Å². The minimum absolute atomic E-state index is 0.0717. The summed E-state index contributed by atoms with van der Waals surface area (Å²) in [6.07, 6.45) is 2.64. The maximum atomic E-state index is 13.2. The van der Waals surface area contributed by atoms with Crippen molar-refractivity contribution in [3.8, 4) is 0 Å². The highest BCUT2D eigenvalue weighted by molar-refractivity contribution is 9.10. The summed E-state index contributed by atoms with van der Waals surface area (Å²) in [7, 11) is -2.44. The first-order chi connectivity index (χ1) is 11.9. The Morgan fingerprint density at radius 2 is 2.20 bits per heavy atom. The number of nitrogens with two attached hydrogens (primary N) is 1. The fraction of sp³-hybridized carbons (Fsp3) is 0.375. The molecule has 1 saturated heterocycles. The van der Waals surface area contributed by atoms with E-state index in [0.29, 0.717) is 21.7 Å². The molecule has 0 amide bonds. The zero-order valence-corrected chi connectivity index (χ0v) is 16.0. The number of pyridine rings is 1. The van der Waals surface area contributed by atoms with Crippen molar-refractivity contribution in [3.63, 3.8) is 0 Å². The van der Waals surface area contributed by atoms with Crippen LogP contribution in [0.4, 0.5) is 0 Å². The van der Waals surface area contributed by atoms with Crippen LogP contribution in [-0.4, -0.2) is 49.9 Å². The van der Waals surface area contributed by atoms with Crippen molar-refractivity contribution in [2.45, 2.75) is 17.5 Å². The lowest BCUT2D eigenvalue weighted by molar-refractivity contribution is -0.127. The number of Topliss-reactive ketones (excluding diaryl/α,β-unsaturated/α-hetero) is 1. The highest BCUT2D eigenvalue weighted by Crippen LogP contribution is 2.34. The molecule has 1 aromatic heterocycles. The van der Waals surface area contributed by atoms with Crippen LogP contribution in [-0.2, 0) is 19.6 Å². The van der Waals surface area contributed by atoms with Gasteiger partial charge in [0.1, 0.15) is 6.61 Å². The maximum absolute atomic E-state index is 13.2. The van der Waals surface area contributed by atoms with Gasteiger partial charge in [-0.1, -0.05) is 12.1 Å². The molecule has 1 aliphatic rings. The predicted octanol–water partition coefficient (Wildman–Crippen LogP) is 1.51. The molecule has 0 radical (unpaired) electrons. The molecule has 0 bridgehead atoms. The van der Waals surface area contributed by atoms with Gasteiger partial charge in [-0.2, -0.15) is 4.31 Å². The van der Waals surface area contributed by atoms with E-state index >= 15 is 0 Å².